The van der Waals surface area contributed by atoms with Gasteiger partial charge in [0.2, 0.25) is 0 Å². The number of aromatic carboxylic acids is 1. The first-order valence-corrected chi connectivity index (χ1v) is 5.12. The standard InChI is InChI=1S/C12H7F3N2O2.H3N/c13-12(14,15)9-8(11(18)19)6-16-10(17-9)7-4-2-1-3-5-7;/h1-6H,(H,18,19);1H3. The van der Waals surface area contributed by atoms with E-state index in [1.165, 1.54) is 12.1 Å². The molecular weight excluding hydrogens is 275 g/mol. The lowest BCUT2D eigenvalue weighted by molar-refractivity contribution is -0.141. The first kappa shape index (κ1) is 15.6. The summed E-state index contributed by atoms with van der Waals surface area (Å²) in [6.07, 6.45) is -4.18. The van der Waals surface area contributed by atoms with E-state index in [0.29, 0.717) is 11.8 Å². The van der Waals surface area contributed by atoms with Gasteiger partial charge in [-0.3, -0.25) is 0 Å². The first-order chi connectivity index (χ1) is 8.89. The van der Waals surface area contributed by atoms with Crippen LogP contribution in [0.5, 0.6) is 0 Å². The second-order valence-corrected chi connectivity index (χ2v) is 3.62. The van der Waals surface area contributed by atoms with Gasteiger partial charge >= 0.3 is 12.1 Å². The van der Waals surface area contributed by atoms with Crippen molar-refractivity contribution < 1.29 is 23.1 Å². The molecule has 0 unspecified atom stereocenters. The molecule has 0 radical (unpaired) electrons. The quantitative estimate of drug-likeness (QED) is 0.883. The largest absolute Gasteiger partial charge is 0.478 e. The third kappa shape index (κ3) is 3.09. The maximum absolute atomic E-state index is 12.8. The highest BCUT2D eigenvalue weighted by Crippen LogP contribution is 2.31. The number of carboxylic acid groups (broad SMARTS) is 1. The van der Waals surface area contributed by atoms with Gasteiger partial charge in [-0.05, 0) is 0 Å². The van der Waals surface area contributed by atoms with E-state index in [9.17, 15) is 18.0 Å². The number of rotatable bonds is 2. The van der Waals surface area contributed by atoms with E-state index in [2.05, 4.69) is 9.97 Å². The van der Waals surface area contributed by atoms with Crippen molar-refractivity contribution in [1.29, 1.82) is 0 Å². The zero-order chi connectivity index (χ0) is 14.0. The lowest BCUT2D eigenvalue weighted by Crippen LogP contribution is -2.16. The topological polar surface area (TPSA) is 98.1 Å². The molecule has 0 aliphatic carbocycles. The van der Waals surface area contributed by atoms with Gasteiger partial charge in [0, 0.05) is 11.8 Å². The Bertz CT molecular complexity index is 615. The fourth-order valence-electron chi connectivity index (χ4n) is 1.48. The maximum Gasteiger partial charge on any atom is 0.434 e. The fraction of sp³-hybridized carbons (Fsp3) is 0.0833. The number of hydrogen-bond donors (Lipinski definition) is 2. The molecular formula is C12H10F3N3O2. The van der Waals surface area contributed by atoms with Crippen LogP contribution in [0.15, 0.2) is 36.5 Å². The van der Waals surface area contributed by atoms with Gasteiger partial charge in [0.25, 0.3) is 0 Å². The Morgan fingerprint density at radius 1 is 1.15 bits per heavy atom. The molecule has 0 spiro atoms. The normalized spacial score (nSPS) is 10.8. The Hall–Kier alpha value is -2.48. The summed E-state index contributed by atoms with van der Waals surface area (Å²) < 4.78 is 38.3. The van der Waals surface area contributed by atoms with Crippen LogP contribution in [-0.2, 0) is 6.18 Å². The number of nitrogens with zero attached hydrogens (tertiary/aromatic N) is 2. The van der Waals surface area contributed by atoms with Crippen molar-refractivity contribution in [2.45, 2.75) is 6.18 Å². The summed E-state index contributed by atoms with van der Waals surface area (Å²) in [6, 6.07) is 8.01. The van der Waals surface area contributed by atoms with E-state index in [4.69, 9.17) is 5.11 Å². The molecule has 0 fully saturated rings. The summed E-state index contributed by atoms with van der Waals surface area (Å²) in [4.78, 5) is 17.7. The summed E-state index contributed by atoms with van der Waals surface area (Å²) in [5.74, 6) is -1.88. The number of aromatic nitrogens is 2. The van der Waals surface area contributed by atoms with Gasteiger partial charge in [0.15, 0.2) is 11.5 Å². The Morgan fingerprint density at radius 2 is 1.75 bits per heavy atom. The minimum Gasteiger partial charge on any atom is -0.478 e. The summed E-state index contributed by atoms with van der Waals surface area (Å²) >= 11 is 0. The molecule has 106 valence electrons. The molecule has 1 aromatic heterocycles. The van der Waals surface area contributed by atoms with Crippen molar-refractivity contribution >= 4 is 5.97 Å². The van der Waals surface area contributed by atoms with Crippen LogP contribution >= 0.6 is 0 Å². The molecule has 5 nitrogen and oxygen atoms in total. The van der Waals surface area contributed by atoms with Crippen LogP contribution < -0.4 is 6.15 Å². The third-order valence-electron chi connectivity index (χ3n) is 2.32. The number of halogens is 3. The molecule has 0 aliphatic heterocycles. The Balaban J connectivity index is 0.00000200. The van der Waals surface area contributed by atoms with E-state index in [-0.39, 0.29) is 12.0 Å². The molecule has 2 aromatic rings. The van der Waals surface area contributed by atoms with Gasteiger partial charge in [-0.15, -0.1) is 0 Å². The Labute approximate surface area is 111 Å². The maximum atomic E-state index is 12.8. The zero-order valence-electron chi connectivity index (χ0n) is 10.1. The molecule has 0 saturated heterocycles. The van der Waals surface area contributed by atoms with Crippen molar-refractivity contribution in [1.82, 2.24) is 16.1 Å². The molecule has 0 atom stereocenters. The van der Waals surface area contributed by atoms with Gasteiger partial charge in [-0.1, -0.05) is 30.3 Å². The third-order valence-corrected chi connectivity index (χ3v) is 2.32. The predicted octanol–water partition coefficient (Wildman–Crippen LogP) is 3.02. The van der Waals surface area contributed by atoms with Crippen LogP contribution in [0.3, 0.4) is 0 Å². The van der Waals surface area contributed by atoms with Crippen LogP contribution in [0.1, 0.15) is 16.1 Å². The smallest absolute Gasteiger partial charge is 0.434 e. The van der Waals surface area contributed by atoms with Crippen LogP contribution in [0, 0.1) is 0 Å². The van der Waals surface area contributed by atoms with Crippen LogP contribution in [0.4, 0.5) is 13.2 Å². The monoisotopic (exact) mass is 285 g/mol. The summed E-state index contributed by atoms with van der Waals surface area (Å²) in [6.45, 7) is 0. The second-order valence-electron chi connectivity index (χ2n) is 3.62. The van der Waals surface area contributed by atoms with E-state index < -0.39 is 23.4 Å². The van der Waals surface area contributed by atoms with E-state index >= 15 is 0 Å². The average Bonchev–Trinajstić information content (AvgIpc) is 2.38. The molecule has 1 aromatic carbocycles. The predicted molar refractivity (Wildman–Crippen MR) is 64.5 cm³/mol. The Kier molecular flexibility index (Phi) is 4.41. The van der Waals surface area contributed by atoms with Crippen molar-refractivity contribution in [3.63, 3.8) is 0 Å². The molecule has 8 heteroatoms. The van der Waals surface area contributed by atoms with Crippen LogP contribution in [0.2, 0.25) is 0 Å². The number of carboxylic acids is 1. The SMILES string of the molecule is N.O=C(O)c1cnc(-c2ccccc2)nc1C(F)(F)F. The zero-order valence-corrected chi connectivity index (χ0v) is 10.1. The molecule has 0 bridgehead atoms. The lowest BCUT2D eigenvalue weighted by Gasteiger charge is -2.10. The molecule has 0 saturated carbocycles. The van der Waals surface area contributed by atoms with Crippen molar-refractivity contribution in [2.24, 2.45) is 0 Å². The molecule has 0 aliphatic rings. The van der Waals surface area contributed by atoms with Crippen LogP contribution in [-0.4, -0.2) is 21.0 Å². The van der Waals surface area contributed by atoms with Gasteiger partial charge < -0.3 is 11.3 Å². The summed E-state index contributed by atoms with van der Waals surface area (Å²) in [5.41, 5.74) is -2.04. The lowest BCUT2D eigenvalue weighted by atomic mass is 10.2. The van der Waals surface area contributed by atoms with Crippen LogP contribution in [0.25, 0.3) is 11.4 Å². The molecule has 1 heterocycles. The van der Waals surface area contributed by atoms with Gasteiger partial charge in [0.05, 0.1) is 0 Å². The average molecular weight is 285 g/mol. The van der Waals surface area contributed by atoms with Gasteiger partial charge in [0.1, 0.15) is 5.56 Å². The second kappa shape index (κ2) is 5.66. The number of alkyl halides is 3. The minimum atomic E-state index is -4.85. The summed E-state index contributed by atoms with van der Waals surface area (Å²) in [7, 11) is 0. The highest BCUT2D eigenvalue weighted by Gasteiger charge is 2.38. The van der Waals surface area contributed by atoms with Gasteiger partial charge in [-0.2, -0.15) is 13.2 Å². The highest BCUT2D eigenvalue weighted by molar-refractivity contribution is 5.88. The molecule has 4 N–H and O–H groups in total. The fourth-order valence-corrected chi connectivity index (χ4v) is 1.48. The van der Waals surface area contributed by atoms with Crippen molar-refractivity contribution in [2.75, 3.05) is 0 Å². The van der Waals surface area contributed by atoms with Crippen molar-refractivity contribution in [3.8, 4) is 11.4 Å². The van der Waals surface area contributed by atoms with E-state index in [1.807, 2.05) is 0 Å². The van der Waals surface area contributed by atoms with Gasteiger partial charge in [-0.25, -0.2) is 14.8 Å². The van der Waals surface area contributed by atoms with E-state index in [1.54, 1.807) is 18.2 Å². The number of hydrogen-bond acceptors (Lipinski definition) is 4. The molecule has 20 heavy (non-hydrogen) atoms. The van der Waals surface area contributed by atoms with Crippen molar-refractivity contribution in [3.05, 3.63) is 47.8 Å². The minimum absolute atomic E-state index is 0. The molecule has 0 amide bonds. The number of benzene rings is 1. The number of carbonyl (C=O) groups is 1. The molecule has 2 rings (SSSR count). The van der Waals surface area contributed by atoms with E-state index in [0.717, 1.165) is 0 Å². The first-order valence-electron chi connectivity index (χ1n) is 5.12. The summed E-state index contributed by atoms with van der Waals surface area (Å²) in [5, 5.41) is 8.71. The highest BCUT2D eigenvalue weighted by atomic mass is 19.4. The Morgan fingerprint density at radius 3 is 2.25 bits per heavy atom.